The Morgan fingerprint density at radius 2 is 2.36 bits per heavy atom. The number of rotatable bonds is 1. The molecule has 2 nitrogen and oxygen atoms in total. The van der Waals surface area contributed by atoms with Gasteiger partial charge in [0.15, 0.2) is 0 Å². The summed E-state index contributed by atoms with van der Waals surface area (Å²) in [4.78, 5) is 11.2. The second kappa shape index (κ2) is 3.52. The van der Waals surface area contributed by atoms with Gasteiger partial charge in [-0.1, -0.05) is 6.42 Å². The first-order valence-corrected chi connectivity index (χ1v) is 4.18. The zero-order valence-electron chi connectivity index (χ0n) is 6.84. The zero-order valence-corrected chi connectivity index (χ0v) is 6.84. The molecule has 11 heavy (non-hydrogen) atoms. The van der Waals surface area contributed by atoms with Gasteiger partial charge < -0.3 is 0 Å². The Morgan fingerprint density at radius 1 is 1.64 bits per heavy atom. The summed E-state index contributed by atoms with van der Waals surface area (Å²) < 4.78 is 0. The van der Waals surface area contributed by atoms with Crippen LogP contribution in [0.2, 0.25) is 0 Å². The first kappa shape index (κ1) is 8.26. The largest absolute Gasteiger partial charge is 0.299 e. The molecular formula is C9H13NO. The predicted molar refractivity (Wildman–Crippen MR) is 41.7 cm³/mol. The van der Waals surface area contributed by atoms with E-state index in [0.717, 1.165) is 19.3 Å². The Hall–Kier alpha value is -0.840. The van der Waals surface area contributed by atoms with Gasteiger partial charge in [0.2, 0.25) is 0 Å². The molecule has 60 valence electrons. The molecule has 0 aromatic rings. The van der Waals surface area contributed by atoms with Crippen molar-refractivity contribution >= 4 is 5.78 Å². The lowest BCUT2D eigenvalue weighted by Crippen LogP contribution is -2.24. The van der Waals surface area contributed by atoms with E-state index in [1.807, 2.05) is 6.92 Å². The Balaban J connectivity index is 2.56. The number of Topliss-reactive ketones (excluding diaryl/α,β-unsaturated/α-hetero) is 1. The van der Waals surface area contributed by atoms with E-state index in [9.17, 15) is 4.79 Å². The van der Waals surface area contributed by atoms with Crippen LogP contribution in [0.25, 0.3) is 0 Å². The topological polar surface area (TPSA) is 40.9 Å². The minimum atomic E-state index is -0.0807. The van der Waals surface area contributed by atoms with Gasteiger partial charge in [0.05, 0.1) is 12.0 Å². The van der Waals surface area contributed by atoms with Gasteiger partial charge in [0.1, 0.15) is 5.78 Å². The van der Waals surface area contributed by atoms with Crippen molar-refractivity contribution < 1.29 is 4.79 Å². The quantitative estimate of drug-likeness (QED) is 0.574. The highest BCUT2D eigenvalue weighted by Crippen LogP contribution is 2.26. The smallest absolute Gasteiger partial charge is 0.137 e. The second-order valence-corrected chi connectivity index (χ2v) is 3.24. The molecule has 1 saturated carbocycles. The van der Waals surface area contributed by atoms with Gasteiger partial charge in [-0.05, 0) is 19.8 Å². The third-order valence-electron chi connectivity index (χ3n) is 2.41. The molecule has 0 radical (unpaired) electrons. The summed E-state index contributed by atoms with van der Waals surface area (Å²) in [6, 6.07) is 2.14. The number of hydrogen-bond acceptors (Lipinski definition) is 2. The monoisotopic (exact) mass is 151 g/mol. The van der Waals surface area contributed by atoms with Crippen LogP contribution >= 0.6 is 0 Å². The van der Waals surface area contributed by atoms with Gasteiger partial charge >= 0.3 is 0 Å². The van der Waals surface area contributed by atoms with E-state index < -0.39 is 0 Å². The average Bonchev–Trinajstić information content (AvgIpc) is 2.04. The summed E-state index contributed by atoms with van der Waals surface area (Å²) in [7, 11) is 0. The average molecular weight is 151 g/mol. The van der Waals surface area contributed by atoms with Crippen molar-refractivity contribution in [2.75, 3.05) is 0 Å². The predicted octanol–water partition coefficient (Wildman–Crippen LogP) is 1.91. The molecule has 0 heterocycles. The zero-order chi connectivity index (χ0) is 8.27. The Bertz CT molecular complexity index is 192. The maximum atomic E-state index is 11.2. The lowest BCUT2D eigenvalue weighted by atomic mass is 9.80. The molecule has 0 aliphatic heterocycles. The van der Waals surface area contributed by atoms with Crippen LogP contribution in [0.15, 0.2) is 0 Å². The van der Waals surface area contributed by atoms with E-state index in [1.165, 1.54) is 0 Å². The Morgan fingerprint density at radius 3 is 2.91 bits per heavy atom. The van der Waals surface area contributed by atoms with E-state index in [-0.39, 0.29) is 11.8 Å². The van der Waals surface area contributed by atoms with Crippen molar-refractivity contribution in [2.45, 2.75) is 32.6 Å². The molecule has 1 rings (SSSR count). The minimum Gasteiger partial charge on any atom is -0.299 e. The maximum Gasteiger partial charge on any atom is 0.137 e. The summed E-state index contributed by atoms with van der Waals surface area (Å²) in [5.74, 6) is 0.252. The SMILES string of the molecule is CC(C#N)[C@H]1CCCCC1=O. The molecule has 0 saturated heterocycles. The number of carbonyl (C=O) groups is 1. The van der Waals surface area contributed by atoms with E-state index in [1.54, 1.807) is 0 Å². The fourth-order valence-electron chi connectivity index (χ4n) is 1.63. The number of nitriles is 1. The highest BCUT2D eigenvalue weighted by atomic mass is 16.1. The minimum absolute atomic E-state index is 0.0359. The van der Waals surface area contributed by atoms with Gasteiger partial charge in [-0.2, -0.15) is 5.26 Å². The first-order valence-electron chi connectivity index (χ1n) is 4.18. The van der Waals surface area contributed by atoms with Crippen LogP contribution in [0.1, 0.15) is 32.6 Å². The van der Waals surface area contributed by atoms with Crippen LogP contribution in [0.4, 0.5) is 0 Å². The molecule has 1 aliphatic carbocycles. The number of hydrogen-bond donors (Lipinski definition) is 0. The van der Waals surface area contributed by atoms with Gasteiger partial charge in [-0.3, -0.25) is 4.79 Å². The Kier molecular flexibility index (Phi) is 2.64. The number of carbonyl (C=O) groups excluding carboxylic acids is 1. The summed E-state index contributed by atoms with van der Waals surface area (Å²) in [6.07, 6.45) is 3.75. The second-order valence-electron chi connectivity index (χ2n) is 3.24. The van der Waals surface area contributed by atoms with E-state index in [4.69, 9.17) is 5.26 Å². The van der Waals surface area contributed by atoms with Crippen LogP contribution in [-0.4, -0.2) is 5.78 Å². The fraction of sp³-hybridized carbons (Fsp3) is 0.778. The van der Waals surface area contributed by atoms with Crippen LogP contribution in [0.3, 0.4) is 0 Å². The molecular weight excluding hydrogens is 138 g/mol. The summed E-state index contributed by atoms with van der Waals surface area (Å²) in [5.41, 5.74) is 0. The van der Waals surface area contributed by atoms with Crippen molar-refractivity contribution in [3.8, 4) is 6.07 Å². The van der Waals surface area contributed by atoms with Crippen molar-refractivity contribution in [3.05, 3.63) is 0 Å². The van der Waals surface area contributed by atoms with E-state index in [2.05, 4.69) is 6.07 Å². The molecule has 0 amide bonds. The molecule has 2 atom stereocenters. The molecule has 0 aromatic heterocycles. The van der Waals surface area contributed by atoms with Crippen LogP contribution < -0.4 is 0 Å². The molecule has 1 unspecified atom stereocenters. The van der Waals surface area contributed by atoms with Crippen LogP contribution in [-0.2, 0) is 4.79 Å². The maximum absolute atomic E-state index is 11.2. The number of ketones is 1. The standard InChI is InChI=1S/C9H13NO/c1-7(6-10)8-4-2-3-5-9(8)11/h7-8H,2-5H2,1H3/t7?,8-/m1/s1. The normalized spacial score (nSPS) is 27.6. The van der Waals surface area contributed by atoms with E-state index in [0.29, 0.717) is 12.2 Å². The lowest BCUT2D eigenvalue weighted by Gasteiger charge is -2.21. The van der Waals surface area contributed by atoms with Gasteiger partial charge in [-0.25, -0.2) is 0 Å². The summed E-state index contributed by atoms with van der Waals surface area (Å²) >= 11 is 0. The lowest BCUT2D eigenvalue weighted by molar-refractivity contribution is -0.125. The molecule has 0 N–H and O–H groups in total. The van der Waals surface area contributed by atoms with Crippen LogP contribution in [0, 0.1) is 23.2 Å². The number of nitrogens with zero attached hydrogens (tertiary/aromatic N) is 1. The third kappa shape index (κ3) is 1.80. The third-order valence-corrected chi connectivity index (χ3v) is 2.41. The highest BCUT2D eigenvalue weighted by Gasteiger charge is 2.26. The van der Waals surface area contributed by atoms with Gasteiger partial charge in [0.25, 0.3) is 0 Å². The fourth-order valence-corrected chi connectivity index (χ4v) is 1.63. The summed E-state index contributed by atoms with van der Waals surface area (Å²) in [6.45, 7) is 1.84. The molecule has 0 aromatic carbocycles. The molecule has 1 fully saturated rings. The van der Waals surface area contributed by atoms with Gasteiger partial charge in [-0.15, -0.1) is 0 Å². The van der Waals surface area contributed by atoms with Crippen LogP contribution in [0.5, 0.6) is 0 Å². The highest BCUT2D eigenvalue weighted by molar-refractivity contribution is 5.82. The Labute approximate surface area is 67.2 Å². The summed E-state index contributed by atoms with van der Waals surface area (Å²) in [5, 5.41) is 8.60. The van der Waals surface area contributed by atoms with Crippen molar-refractivity contribution in [1.29, 1.82) is 5.26 Å². The van der Waals surface area contributed by atoms with Crippen molar-refractivity contribution in [2.24, 2.45) is 11.8 Å². The van der Waals surface area contributed by atoms with E-state index >= 15 is 0 Å². The molecule has 2 heteroatoms. The molecule has 1 aliphatic rings. The van der Waals surface area contributed by atoms with Crippen molar-refractivity contribution in [1.82, 2.24) is 0 Å². The van der Waals surface area contributed by atoms with Crippen molar-refractivity contribution in [3.63, 3.8) is 0 Å². The first-order chi connectivity index (χ1) is 5.25. The van der Waals surface area contributed by atoms with Gasteiger partial charge in [0, 0.05) is 12.3 Å². The molecule has 0 bridgehead atoms. The molecule has 0 spiro atoms.